The zero-order valence-corrected chi connectivity index (χ0v) is 14.8. The fraction of sp³-hybridized carbons (Fsp3) is 0.0909. The second kappa shape index (κ2) is 8.76. The summed E-state index contributed by atoms with van der Waals surface area (Å²) < 4.78 is 24.3. The monoisotopic (exact) mass is 363 g/mol. The lowest BCUT2D eigenvalue weighted by Crippen LogP contribution is -2.10. The first kappa shape index (κ1) is 18.3. The van der Waals surface area contributed by atoms with Crippen molar-refractivity contribution >= 4 is 18.1 Å². The second-order valence-electron chi connectivity index (χ2n) is 5.63. The average Bonchev–Trinajstić information content (AvgIpc) is 2.69. The van der Waals surface area contributed by atoms with Gasteiger partial charge in [-0.3, -0.25) is 4.98 Å². The van der Waals surface area contributed by atoms with Gasteiger partial charge in [0.1, 0.15) is 5.82 Å². The van der Waals surface area contributed by atoms with Crippen LogP contribution in [0, 0.1) is 5.82 Å². The van der Waals surface area contributed by atoms with E-state index < -0.39 is 11.8 Å². The Morgan fingerprint density at radius 3 is 2.67 bits per heavy atom. The number of aromatic nitrogens is 1. The van der Waals surface area contributed by atoms with Crippen LogP contribution in [0.3, 0.4) is 0 Å². The molecule has 0 aliphatic rings. The third kappa shape index (κ3) is 5.01. The largest absolute Gasteiger partial charge is 0.490 e. The number of nitrogens with zero attached hydrogens (tertiary/aromatic N) is 1. The molecule has 0 aliphatic carbocycles. The maximum absolute atomic E-state index is 13.3. The molecular weight excluding hydrogens is 345 g/mol. The topological polar surface area (TPSA) is 48.4 Å². The van der Waals surface area contributed by atoms with Crippen molar-refractivity contribution in [1.82, 2.24) is 4.98 Å². The molecule has 0 bridgehead atoms. The fourth-order valence-corrected chi connectivity index (χ4v) is 2.41. The van der Waals surface area contributed by atoms with Crippen LogP contribution in [-0.4, -0.2) is 17.6 Å². The van der Waals surface area contributed by atoms with E-state index in [1.54, 1.807) is 24.4 Å². The zero-order valence-electron chi connectivity index (χ0n) is 14.8. The molecule has 0 aliphatic heterocycles. The summed E-state index contributed by atoms with van der Waals surface area (Å²) in [6.45, 7) is 2.26. The quantitative estimate of drug-likeness (QED) is 0.456. The minimum absolute atomic E-state index is 0.136. The molecular formula is C22H18FNO3. The number of esters is 1. The van der Waals surface area contributed by atoms with Crippen molar-refractivity contribution in [2.24, 2.45) is 0 Å². The Labute approximate surface area is 156 Å². The van der Waals surface area contributed by atoms with E-state index in [-0.39, 0.29) is 11.3 Å². The summed E-state index contributed by atoms with van der Waals surface area (Å²) in [5.41, 5.74) is 1.84. The Morgan fingerprint density at radius 2 is 1.93 bits per heavy atom. The molecule has 27 heavy (non-hydrogen) atoms. The summed E-state index contributed by atoms with van der Waals surface area (Å²) in [4.78, 5) is 16.5. The molecule has 0 saturated heterocycles. The van der Waals surface area contributed by atoms with Gasteiger partial charge in [-0.05, 0) is 61.0 Å². The number of hydrogen-bond donors (Lipinski definition) is 0. The van der Waals surface area contributed by atoms with Gasteiger partial charge >= 0.3 is 5.97 Å². The summed E-state index contributed by atoms with van der Waals surface area (Å²) in [5, 5.41) is 0. The molecule has 3 rings (SSSR count). The normalized spacial score (nSPS) is 10.7. The summed E-state index contributed by atoms with van der Waals surface area (Å²) in [5.74, 6) is -0.428. The van der Waals surface area contributed by atoms with E-state index in [1.165, 1.54) is 18.2 Å². The number of halogens is 1. The molecule has 0 fully saturated rings. The molecule has 0 spiro atoms. The van der Waals surface area contributed by atoms with E-state index in [0.29, 0.717) is 12.4 Å². The number of benzene rings is 2. The zero-order chi connectivity index (χ0) is 19.1. The Balaban J connectivity index is 1.81. The lowest BCUT2D eigenvalue weighted by Gasteiger charge is -2.11. The van der Waals surface area contributed by atoms with Gasteiger partial charge in [-0.25, -0.2) is 9.18 Å². The first-order chi connectivity index (χ1) is 13.2. The molecule has 0 amide bonds. The van der Waals surface area contributed by atoms with Crippen LogP contribution in [0.25, 0.3) is 12.2 Å². The third-order valence-electron chi connectivity index (χ3n) is 3.66. The minimum atomic E-state index is -0.646. The van der Waals surface area contributed by atoms with Gasteiger partial charge in [-0.1, -0.05) is 24.3 Å². The van der Waals surface area contributed by atoms with Crippen molar-refractivity contribution in [2.45, 2.75) is 6.92 Å². The number of pyridine rings is 1. The highest BCUT2D eigenvalue weighted by Gasteiger charge is 2.13. The van der Waals surface area contributed by atoms with Crippen LogP contribution in [0.4, 0.5) is 4.39 Å². The molecule has 3 aromatic rings. The molecule has 0 N–H and O–H groups in total. The SMILES string of the molecule is CCOc1cc(/C=C/c2ccccn2)ccc1OC(=O)c1cccc(F)c1. The highest BCUT2D eigenvalue weighted by atomic mass is 19.1. The Bertz CT molecular complexity index is 955. The summed E-state index contributed by atoms with van der Waals surface area (Å²) in [6, 6.07) is 16.2. The van der Waals surface area contributed by atoms with E-state index >= 15 is 0 Å². The molecule has 4 nitrogen and oxygen atoms in total. The second-order valence-corrected chi connectivity index (χ2v) is 5.63. The Hall–Kier alpha value is -3.47. The highest BCUT2D eigenvalue weighted by molar-refractivity contribution is 5.91. The number of hydrogen-bond acceptors (Lipinski definition) is 4. The molecule has 0 atom stereocenters. The van der Waals surface area contributed by atoms with Gasteiger partial charge in [0.2, 0.25) is 0 Å². The molecule has 1 heterocycles. The molecule has 0 radical (unpaired) electrons. The van der Waals surface area contributed by atoms with Crippen LogP contribution in [0.15, 0.2) is 66.9 Å². The predicted molar refractivity (Wildman–Crippen MR) is 102 cm³/mol. The molecule has 5 heteroatoms. The van der Waals surface area contributed by atoms with Crippen LogP contribution in [0.5, 0.6) is 11.5 Å². The predicted octanol–water partition coefficient (Wildman–Crippen LogP) is 5.01. The van der Waals surface area contributed by atoms with Crippen molar-refractivity contribution in [2.75, 3.05) is 6.61 Å². The van der Waals surface area contributed by atoms with Gasteiger partial charge in [0.25, 0.3) is 0 Å². The van der Waals surface area contributed by atoms with Crippen LogP contribution in [-0.2, 0) is 0 Å². The van der Waals surface area contributed by atoms with Gasteiger partial charge < -0.3 is 9.47 Å². The standard InChI is InChI=1S/C22H18FNO3/c1-2-26-21-14-16(9-11-19-8-3-4-13-24-19)10-12-20(21)27-22(25)17-6-5-7-18(23)15-17/h3-15H,2H2,1H3/b11-9+. The van der Waals surface area contributed by atoms with Gasteiger partial charge in [0.05, 0.1) is 17.9 Å². The third-order valence-corrected chi connectivity index (χ3v) is 3.66. The summed E-state index contributed by atoms with van der Waals surface area (Å²) in [6.07, 6.45) is 5.49. The first-order valence-corrected chi connectivity index (χ1v) is 8.49. The van der Waals surface area contributed by atoms with Crippen LogP contribution < -0.4 is 9.47 Å². The van der Waals surface area contributed by atoms with E-state index in [9.17, 15) is 9.18 Å². The van der Waals surface area contributed by atoms with E-state index in [4.69, 9.17) is 9.47 Å². The Kier molecular flexibility index (Phi) is 5.94. The molecule has 2 aromatic carbocycles. The lowest BCUT2D eigenvalue weighted by molar-refractivity contribution is 0.0728. The highest BCUT2D eigenvalue weighted by Crippen LogP contribution is 2.30. The van der Waals surface area contributed by atoms with E-state index in [0.717, 1.165) is 17.3 Å². The van der Waals surface area contributed by atoms with Crippen LogP contribution in [0.1, 0.15) is 28.5 Å². The van der Waals surface area contributed by atoms with Crippen molar-refractivity contribution in [3.63, 3.8) is 0 Å². The average molecular weight is 363 g/mol. The lowest BCUT2D eigenvalue weighted by atomic mass is 10.1. The maximum atomic E-state index is 13.3. The number of carbonyl (C=O) groups is 1. The minimum Gasteiger partial charge on any atom is -0.490 e. The molecule has 136 valence electrons. The van der Waals surface area contributed by atoms with Crippen molar-refractivity contribution < 1.29 is 18.7 Å². The van der Waals surface area contributed by atoms with Crippen LogP contribution >= 0.6 is 0 Å². The number of ether oxygens (including phenoxy) is 2. The smallest absolute Gasteiger partial charge is 0.343 e. The summed E-state index contributed by atoms with van der Waals surface area (Å²) in [7, 11) is 0. The van der Waals surface area contributed by atoms with Crippen molar-refractivity contribution in [3.05, 3.63) is 89.5 Å². The maximum Gasteiger partial charge on any atom is 0.343 e. The van der Waals surface area contributed by atoms with E-state index in [2.05, 4.69) is 4.98 Å². The van der Waals surface area contributed by atoms with Crippen molar-refractivity contribution in [3.8, 4) is 11.5 Å². The van der Waals surface area contributed by atoms with Gasteiger partial charge in [-0.15, -0.1) is 0 Å². The van der Waals surface area contributed by atoms with Gasteiger partial charge in [-0.2, -0.15) is 0 Å². The fourth-order valence-electron chi connectivity index (χ4n) is 2.41. The number of rotatable bonds is 6. The van der Waals surface area contributed by atoms with Gasteiger partial charge in [0.15, 0.2) is 11.5 Å². The van der Waals surface area contributed by atoms with Crippen LogP contribution in [0.2, 0.25) is 0 Å². The van der Waals surface area contributed by atoms with E-state index in [1.807, 2.05) is 37.3 Å². The first-order valence-electron chi connectivity index (χ1n) is 8.49. The van der Waals surface area contributed by atoms with Gasteiger partial charge in [0, 0.05) is 6.20 Å². The Morgan fingerprint density at radius 1 is 1.04 bits per heavy atom. The summed E-state index contributed by atoms with van der Waals surface area (Å²) >= 11 is 0. The molecule has 1 aromatic heterocycles. The molecule has 0 saturated carbocycles. The van der Waals surface area contributed by atoms with Crippen molar-refractivity contribution in [1.29, 1.82) is 0 Å². The number of carbonyl (C=O) groups excluding carboxylic acids is 1. The molecule has 0 unspecified atom stereocenters.